The van der Waals surface area contributed by atoms with Crippen molar-refractivity contribution in [1.29, 1.82) is 0 Å². The predicted octanol–water partition coefficient (Wildman–Crippen LogP) is 5.14. The molecule has 0 spiro atoms. The van der Waals surface area contributed by atoms with Gasteiger partial charge in [0.1, 0.15) is 0 Å². The molecule has 0 aromatic heterocycles. The Balaban J connectivity index is 1.86. The number of benzene rings is 2. The molecule has 2 aromatic rings. The van der Waals surface area contributed by atoms with Crippen LogP contribution in [0.2, 0.25) is 10.0 Å². The number of halogens is 2. The minimum atomic E-state index is -0.556. The summed E-state index contributed by atoms with van der Waals surface area (Å²) in [6.45, 7) is 0.113. The van der Waals surface area contributed by atoms with E-state index in [2.05, 4.69) is 0 Å². The molecular weight excluding hydrogens is 399 g/mol. The summed E-state index contributed by atoms with van der Waals surface area (Å²) < 4.78 is 0. The van der Waals surface area contributed by atoms with E-state index in [4.69, 9.17) is 23.2 Å². The van der Waals surface area contributed by atoms with Gasteiger partial charge in [0.2, 0.25) is 0 Å². The van der Waals surface area contributed by atoms with E-state index in [0.29, 0.717) is 10.6 Å². The fourth-order valence-corrected chi connectivity index (χ4v) is 3.43. The number of non-ortho nitro benzene ring substituents is 1. The molecule has 0 saturated carbocycles. The molecule has 0 aliphatic carbocycles. The van der Waals surface area contributed by atoms with E-state index in [1.54, 1.807) is 24.3 Å². The molecule has 0 unspecified atom stereocenters. The first-order valence-corrected chi connectivity index (χ1v) is 8.86. The van der Waals surface area contributed by atoms with Gasteiger partial charge < -0.3 is 0 Å². The van der Waals surface area contributed by atoms with Crippen LogP contribution in [0.4, 0.5) is 10.5 Å². The summed E-state index contributed by atoms with van der Waals surface area (Å²) in [5.41, 5.74) is 0.908. The Morgan fingerprint density at radius 2 is 1.81 bits per heavy atom. The van der Waals surface area contributed by atoms with Crippen LogP contribution in [-0.4, -0.2) is 21.0 Å². The molecule has 1 saturated heterocycles. The van der Waals surface area contributed by atoms with Gasteiger partial charge >= 0.3 is 0 Å². The van der Waals surface area contributed by atoms with E-state index in [0.717, 1.165) is 22.2 Å². The van der Waals surface area contributed by atoms with Crippen molar-refractivity contribution in [1.82, 2.24) is 4.90 Å². The van der Waals surface area contributed by atoms with Crippen molar-refractivity contribution in [3.63, 3.8) is 0 Å². The van der Waals surface area contributed by atoms with Crippen LogP contribution in [-0.2, 0) is 11.3 Å². The van der Waals surface area contributed by atoms with E-state index < -0.39 is 16.1 Å². The van der Waals surface area contributed by atoms with Crippen LogP contribution in [0.15, 0.2) is 47.4 Å². The van der Waals surface area contributed by atoms with Gasteiger partial charge in [-0.2, -0.15) is 0 Å². The Bertz CT molecular complexity index is 944. The lowest BCUT2D eigenvalue weighted by Crippen LogP contribution is -2.27. The van der Waals surface area contributed by atoms with Crippen LogP contribution < -0.4 is 0 Å². The smallest absolute Gasteiger partial charge is 0.268 e. The Hall–Kier alpha value is -2.35. The number of nitro benzene ring substituents is 1. The summed E-state index contributed by atoms with van der Waals surface area (Å²) in [6, 6.07) is 10.7. The molecule has 1 aliphatic heterocycles. The Morgan fingerprint density at radius 1 is 1.12 bits per heavy atom. The SMILES string of the molecule is O=C1S/C(=C\c2cc([N+](=O)[O-])ccc2Cl)C(=O)N1Cc1ccc(Cl)cc1. The molecule has 9 heteroatoms. The summed E-state index contributed by atoms with van der Waals surface area (Å²) in [5, 5.41) is 11.3. The van der Waals surface area contributed by atoms with Crippen LogP contribution in [0.1, 0.15) is 11.1 Å². The van der Waals surface area contributed by atoms with E-state index in [1.165, 1.54) is 24.3 Å². The zero-order chi connectivity index (χ0) is 18.8. The van der Waals surface area contributed by atoms with Crippen molar-refractivity contribution in [2.45, 2.75) is 6.54 Å². The van der Waals surface area contributed by atoms with E-state index >= 15 is 0 Å². The Labute approximate surface area is 162 Å². The van der Waals surface area contributed by atoms with Crippen molar-refractivity contribution in [2.24, 2.45) is 0 Å². The molecule has 0 bridgehead atoms. The predicted molar refractivity (Wildman–Crippen MR) is 101 cm³/mol. The lowest BCUT2D eigenvalue weighted by Gasteiger charge is -2.12. The molecule has 132 valence electrons. The fraction of sp³-hybridized carbons (Fsp3) is 0.0588. The topological polar surface area (TPSA) is 80.5 Å². The second-order valence-corrected chi connectivity index (χ2v) is 7.19. The highest BCUT2D eigenvalue weighted by Gasteiger charge is 2.35. The molecule has 2 aromatic carbocycles. The highest BCUT2D eigenvalue weighted by Crippen LogP contribution is 2.35. The maximum absolute atomic E-state index is 12.5. The van der Waals surface area contributed by atoms with E-state index in [1.807, 2.05) is 0 Å². The number of hydrogen-bond acceptors (Lipinski definition) is 5. The molecule has 1 fully saturated rings. The van der Waals surface area contributed by atoms with Crippen molar-refractivity contribution >= 4 is 57.9 Å². The molecule has 0 atom stereocenters. The van der Waals surface area contributed by atoms with Crippen molar-refractivity contribution in [3.05, 3.63) is 78.7 Å². The molecule has 26 heavy (non-hydrogen) atoms. The fourth-order valence-electron chi connectivity index (χ4n) is 2.31. The van der Waals surface area contributed by atoms with Crippen LogP contribution in [0.5, 0.6) is 0 Å². The lowest BCUT2D eigenvalue weighted by atomic mass is 10.1. The number of thioether (sulfide) groups is 1. The number of amides is 2. The van der Waals surface area contributed by atoms with Gasteiger partial charge in [0.25, 0.3) is 16.8 Å². The first kappa shape index (κ1) is 18.4. The number of carbonyl (C=O) groups excluding carboxylic acids is 2. The van der Waals surface area contributed by atoms with Gasteiger partial charge in [-0.15, -0.1) is 0 Å². The highest BCUT2D eigenvalue weighted by molar-refractivity contribution is 8.18. The van der Waals surface area contributed by atoms with Crippen LogP contribution in [0, 0.1) is 10.1 Å². The summed E-state index contributed by atoms with van der Waals surface area (Å²) in [6.07, 6.45) is 1.39. The minimum absolute atomic E-state index is 0.113. The van der Waals surface area contributed by atoms with Crippen LogP contribution in [0.25, 0.3) is 6.08 Å². The second kappa shape index (κ2) is 7.49. The highest BCUT2D eigenvalue weighted by atomic mass is 35.5. The first-order chi connectivity index (χ1) is 12.3. The maximum atomic E-state index is 12.5. The first-order valence-electron chi connectivity index (χ1n) is 7.29. The van der Waals surface area contributed by atoms with Gasteiger partial charge in [0.15, 0.2) is 0 Å². The quantitative estimate of drug-likeness (QED) is 0.397. The van der Waals surface area contributed by atoms with Crippen molar-refractivity contribution in [3.8, 4) is 0 Å². The number of carbonyl (C=O) groups is 2. The molecular formula is C17H10Cl2N2O4S. The third kappa shape index (κ3) is 3.90. The lowest BCUT2D eigenvalue weighted by molar-refractivity contribution is -0.384. The van der Waals surface area contributed by atoms with Gasteiger partial charge in [0, 0.05) is 27.7 Å². The molecule has 0 radical (unpaired) electrons. The molecule has 2 amide bonds. The van der Waals surface area contributed by atoms with Crippen LogP contribution >= 0.6 is 35.0 Å². The third-order valence-corrected chi connectivity index (χ3v) is 5.11. The van der Waals surface area contributed by atoms with Gasteiger partial charge in [-0.1, -0.05) is 35.3 Å². The van der Waals surface area contributed by atoms with Gasteiger partial charge in [-0.3, -0.25) is 24.6 Å². The minimum Gasteiger partial charge on any atom is -0.268 e. The second-order valence-electron chi connectivity index (χ2n) is 5.36. The normalized spacial score (nSPS) is 15.8. The third-order valence-electron chi connectivity index (χ3n) is 3.60. The largest absolute Gasteiger partial charge is 0.293 e. The molecule has 1 aliphatic rings. The van der Waals surface area contributed by atoms with Gasteiger partial charge in [-0.25, -0.2) is 0 Å². The summed E-state index contributed by atoms with van der Waals surface area (Å²) in [4.78, 5) is 36.3. The molecule has 0 N–H and O–H groups in total. The van der Waals surface area contributed by atoms with E-state index in [-0.39, 0.29) is 22.2 Å². The Kier molecular flexibility index (Phi) is 5.31. The Morgan fingerprint density at radius 3 is 2.46 bits per heavy atom. The monoisotopic (exact) mass is 408 g/mol. The summed E-state index contributed by atoms with van der Waals surface area (Å²) >= 11 is 12.6. The molecule has 1 heterocycles. The number of imide groups is 1. The van der Waals surface area contributed by atoms with Crippen molar-refractivity contribution < 1.29 is 14.5 Å². The standard InChI is InChI=1S/C17H10Cl2N2O4S/c18-12-3-1-10(2-4-12)9-20-16(22)15(26-17(20)23)8-11-7-13(21(24)25)5-6-14(11)19/h1-8H,9H2/b15-8-. The number of rotatable bonds is 4. The van der Waals surface area contributed by atoms with Gasteiger partial charge in [0.05, 0.1) is 16.4 Å². The molecule has 3 rings (SSSR count). The number of nitro groups is 1. The average molecular weight is 409 g/mol. The molecule has 6 nitrogen and oxygen atoms in total. The van der Waals surface area contributed by atoms with E-state index in [9.17, 15) is 19.7 Å². The summed E-state index contributed by atoms with van der Waals surface area (Å²) in [7, 11) is 0. The summed E-state index contributed by atoms with van der Waals surface area (Å²) in [5.74, 6) is -0.475. The van der Waals surface area contributed by atoms with Crippen molar-refractivity contribution in [2.75, 3.05) is 0 Å². The number of nitrogens with zero attached hydrogens (tertiary/aromatic N) is 2. The van der Waals surface area contributed by atoms with Crippen LogP contribution in [0.3, 0.4) is 0 Å². The van der Waals surface area contributed by atoms with Gasteiger partial charge in [-0.05, 0) is 41.6 Å². The average Bonchev–Trinajstić information content (AvgIpc) is 2.86. The number of hydrogen-bond donors (Lipinski definition) is 0. The maximum Gasteiger partial charge on any atom is 0.293 e. The zero-order valence-electron chi connectivity index (χ0n) is 13.0. The zero-order valence-corrected chi connectivity index (χ0v) is 15.3.